The molecule has 1 aromatic heterocycles. The Labute approximate surface area is 180 Å². The first-order valence-corrected chi connectivity index (χ1v) is 10.6. The molecular formula is C23H28O8. The first kappa shape index (κ1) is 21.6. The van der Waals surface area contributed by atoms with Gasteiger partial charge in [-0.2, -0.15) is 0 Å². The third-order valence-electron chi connectivity index (χ3n) is 7.81. The molecule has 4 rings (SSSR count). The Morgan fingerprint density at radius 3 is 2.55 bits per heavy atom. The van der Waals surface area contributed by atoms with E-state index in [-0.39, 0.29) is 18.2 Å². The number of ether oxygens (including phenoxy) is 3. The summed E-state index contributed by atoms with van der Waals surface area (Å²) in [6.45, 7) is 5.09. The van der Waals surface area contributed by atoms with Gasteiger partial charge in [0.05, 0.1) is 31.5 Å². The fourth-order valence-corrected chi connectivity index (χ4v) is 6.46. The first-order valence-electron chi connectivity index (χ1n) is 10.6. The molecule has 0 spiro atoms. The lowest BCUT2D eigenvalue weighted by Crippen LogP contribution is -2.64. The predicted octanol–water partition coefficient (Wildman–Crippen LogP) is 3.00. The Hall–Kier alpha value is -2.64. The Kier molecular flexibility index (Phi) is 5.22. The highest BCUT2D eigenvalue weighted by Gasteiger charge is 2.67. The van der Waals surface area contributed by atoms with Crippen LogP contribution in [0, 0.1) is 28.6 Å². The van der Waals surface area contributed by atoms with Gasteiger partial charge in [0.15, 0.2) is 11.9 Å². The summed E-state index contributed by atoms with van der Waals surface area (Å²) in [7, 11) is 1.32. The number of fused-ring (bicyclic) bond motifs is 3. The zero-order valence-electron chi connectivity index (χ0n) is 18.2. The number of hydrogen-bond donors (Lipinski definition) is 0. The van der Waals surface area contributed by atoms with Crippen LogP contribution in [0.1, 0.15) is 58.1 Å². The van der Waals surface area contributed by atoms with Crippen LogP contribution < -0.4 is 0 Å². The molecule has 31 heavy (non-hydrogen) atoms. The number of methoxy groups -OCH3 is 1. The van der Waals surface area contributed by atoms with Gasteiger partial charge < -0.3 is 18.6 Å². The summed E-state index contributed by atoms with van der Waals surface area (Å²) < 4.78 is 21.3. The Morgan fingerprint density at radius 2 is 1.94 bits per heavy atom. The number of cyclic esters (lactones) is 1. The topological polar surface area (TPSA) is 109 Å². The summed E-state index contributed by atoms with van der Waals surface area (Å²) in [6, 6.07) is 1.74. The number of hydrogen-bond acceptors (Lipinski definition) is 8. The summed E-state index contributed by atoms with van der Waals surface area (Å²) in [5, 5.41) is 0. The van der Waals surface area contributed by atoms with E-state index in [2.05, 4.69) is 0 Å². The number of carbonyl (C=O) groups is 4. The van der Waals surface area contributed by atoms with Crippen molar-refractivity contribution in [3.63, 3.8) is 0 Å². The molecule has 0 amide bonds. The molecule has 7 atom stereocenters. The van der Waals surface area contributed by atoms with E-state index < -0.39 is 52.7 Å². The maximum absolute atomic E-state index is 13.7. The van der Waals surface area contributed by atoms with Gasteiger partial charge in [-0.1, -0.05) is 13.8 Å². The lowest BCUT2D eigenvalue weighted by molar-refractivity contribution is -0.210. The summed E-state index contributed by atoms with van der Waals surface area (Å²) in [5.41, 5.74) is -0.763. The first-order chi connectivity index (χ1) is 14.6. The lowest BCUT2D eigenvalue weighted by atomic mass is 9.43. The van der Waals surface area contributed by atoms with Gasteiger partial charge in [0.25, 0.3) is 0 Å². The molecule has 8 nitrogen and oxygen atoms in total. The van der Waals surface area contributed by atoms with Crippen LogP contribution in [0.4, 0.5) is 0 Å². The van der Waals surface area contributed by atoms with Crippen molar-refractivity contribution < 1.29 is 37.8 Å². The van der Waals surface area contributed by atoms with Gasteiger partial charge in [0.2, 0.25) is 0 Å². The zero-order valence-corrected chi connectivity index (χ0v) is 18.2. The average molecular weight is 432 g/mol. The van der Waals surface area contributed by atoms with Crippen molar-refractivity contribution in [1.29, 1.82) is 0 Å². The summed E-state index contributed by atoms with van der Waals surface area (Å²) in [6.07, 6.45) is 2.98. The number of carbonyl (C=O) groups excluding carboxylic acids is 4. The second-order valence-electron chi connectivity index (χ2n) is 9.53. The zero-order chi connectivity index (χ0) is 22.6. The molecule has 2 aliphatic carbocycles. The van der Waals surface area contributed by atoms with Crippen molar-refractivity contribution >= 4 is 23.7 Å². The van der Waals surface area contributed by atoms with E-state index in [0.717, 1.165) is 5.56 Å². The van der Waals surface area contributed by atoms with Gasteiger partial charge in [-0.15, -0.1) is 0 Å². The molecule has 2 saturated carbocycles. The average Bonchev–Trinajstić information content (AvgIpc) is 3.23. The van der Waals surface area contributed by atoms with E-state index in [1.807, 2.05) is 13.8 Å². The van der Waals surface area contributed by atoms with Gasteiger partial charge in [0, 0.05) is 24.8 Å². The molecule has 0 N–H and O–H groups in total. The van der Waals surface area contributed by atoms with Crippen molar-refractivity contribution in [1.82, 2.24) is 0 Å². The van der Waals surface area contributed by atoms with Crippen LogP contribution in [0.5, 0.6) is 0 Å². The largest absolute Gasteiger partial charge is 0.472 e. The quantitative estimate of drug-likeness (QED) is 0.530. The molecule has 0 unspecified atom stereocenters. The second-order valence-corrected chi connectivity index (χ2v) is 9.53. The van der Waals surface area contributed by atoms with Crippen LogP contribution in [0.3, 0.4) is 0 Å². The van der Waals surface area contributed by atoms with Gasteiger partial charge in [-0.3, -0.25) is 19.2 Å². The summed E-state index contributed by atoms with van der Waals surface area (Å²) >= 11 is 0. The minimum Gasteiger partial charge on any atom is -0.472 e. The molecular weight excluding hydrogens is 404 g/mol. The van der Waals surface area contributed by atoms with Crippen molar-refractivity contribution in [2.24, 2.45) is 28.6 Å². The number of esters is 3. The third kappa shape index (κ3) is 3.27. The van der Waals surface area contributed by atoms with E-state index >= 15 is 0 Å². The third-order valence-corrected chi connectivity index (χ3v) is 7.81. The molecule has 8 heteroatoms. The van der Waals surface area contributed by atoms with E-state index in [9.17, 15) is 19.2 Å². The second kappa shape index (κ2) is 7.50. The standard InChI is InChI=1S/C23H28O8/c1-12(24)30-16-9-15(20(26)28-4)22(2)7-5-14-21(27)31-17(13-6-8-29-11-13)10-23(14,3)19(22)18(16)25/h6,8,11,14-17,19H,5,7,9-10H2,1-4H3/t14-,15-,16+,17-,19+,22+,23-/m0/s1. The molecule has 168 valence electrons. The van der Waals surface area contributed by atoms with E-state index in [1.165, 1.54) is 26.6 Å². The van der Waals surface area contributed by atoms with Crippen LogP contribution in [-0.4, -0.2) is 36.9 Å². The predicted molar refractivity (Wildman–Crippen MR) is 105 cm³/mol. The maximum Gasteiger partial charge on any atom is 0.310 e. The molecule has 0 aromatic carbocycles. The number of Topliss-reactive ketones (excluding diaryl/α,β-unsaturated/α-hetero) is 1. The molecule has 1 aromatic rings. The Morgan fingerprint density at radius 1 is 1.19 bits per heavy atom. The molecule has 3 fully saturated rings. The van der Waals surface area contributed by atoms with Gasteiger partial charge in [0.1, 0.15) is 6.10 Å². The lowest BCUT2D eigenvalue weighted by Gasteiger charge is -2.60. The molecule has 0 radical (unpaired) electrons. The molecule has 2 heterocycles. The maximum atomic E-state index is 13.7. The smallest absolute Gasteiger partial charge is 0.310 e. The highest BCUT2D eigenvalue weighted by atomic mass is 16.6. The van der Waals surface area contributed by atoms with Crippen molar-refractivity contribution in [2.75, 3.05) is 7.11 Å². The SMILES string of the molecule is COC(=O)[C@@H]1C[C@@H](OC(C)=O)C(=O)[C@@H]2[C@]1(C)CC[C@H]1C(=O)O[C@H](c3ccoc3)C[C@]21C. The van der Waals surface area contributed by atoms with Crippen molar-refractivity contribution in [2.45, 2.75) is 58.7 Å². The van der Waals surface area contributed by atoms with Crippen LogP contribution in [0.15, 0.2) is 23.0 Å². The summed E-state index contributed by atoms with van der Waals surface area (Å²) in [4.78, 5) is 51.2. The fraction of sp³-hybridized carbons (Fsp3) is 0.652. The van der Waals surface area contributed by atoms with E-state index in [1.54, 1.807) is 6.07 Å². The minimum absolute atomic E-state index is 0.0917. The van der Waals surface area contributed by atoms with Crippen molar-refractivity contribution in [3.05, 3.63) is 24.2 Å². The minimum atomic E-state index is -1.04. The molecule has 1 saturated heterocycles. The van der Waals surface area contributed by atoms with E-state index in [0.29, 0.717) is 19.3 Å². The highest BCUT2D eigenvalue weighted by molar-refractivity contribution is 5.93. The van der Waals surface area contributed by atoms with Crippen LogP contribution in [0.2, 0.25) is 0 Å². The highest BCUT2D eigenvalue weighted by Crippen LogP contribution is 2.65. The summed E-state index contributed by atoms with van der Waals surface area (Å²) in [5.74, 6) is -3.35. The van der Waals surface area contributed by atoms with Crippen LogP contribution >= 0.6 is 0 Å². The van der Waals surface area contributed by atoms with Crippen LogP contribution in [0.25, 0.3) is 0 Å². The number of ketones is 1. The molecule has 3 aliphatic rings. The monoisotopic (exact) mass is 432 g/mol. The van der Waals surface area contributed by atoms with Crippen LogP contribution in [-0.2, 0) is 33.4 Å². The Bertz CT molecular complexity index is 905. The fourth-order valence-electron chi connectivity index (χ4n) is 6.46. The normalized spacial score (nSPS) is 39.7. The Balaban J connectivity index is 1.80. The van der Waals surface area contributed by atoms with Gasteiger partial charge in [-0.25, -0.2) is 0 Å². The number of rotatable bonds is 3. The van der Waals surface area contributed by atoms with E-state index in [4.69, 9.17) is 18.6 Å². The van der Waals surface area contributed by atoms with Gasteiger partial charge in [-0.05, 0) is 36.2 Å². The van der Waals surface area contributed by atoms with Crippen molar-refractivity contribution in [3.8, 4) is 0 Å². The van der Waals surface area contributed by atoms with Gasteiger partial charge >= 0.3 is 17.9 Å². The molecule has 0 bridgehead atoms. The molecule has 1 aliphatic heterocycles. The number of furan rings is 1.